The van der Waals surface area contributed by atoms with E-state index in [1.165, 1.54) is 12.8 Å². The highest BCUT2D eigenvalue weighted by Gasteiger charge is 2.20. The van der Waals surface area contributed by atoms with Crippen LogP contribution in [0.5, 0.6) is 0 Å². The first-order valence-electron chi connectivity index (χ1n) is 9.76. The number of amides is 2. The molecule has 2 heterocycles. The maximum atomic E-state index is 12.3. The molecular formula is C20H29N5O2. The number of carbonyl (C=O) groups excluding carboxylic acids is 2. The zero-order chi connectivity index (χ0) is 19.2. The van der Waals surface area contributed by atoms with Crippen LogP contribution in [0.15, 0.2) is 24.3 Å². The summed E-state index contributed by atoms with van der Waals surface area (Å²) >= 11 is 0. The fraction of sp³-hybridized carbons (Fsp3) is 0.550. The second kappa shape index (κ2) is 8.99. The van der Waals surface area contributed by atoms with Crippen LogP contribution in [-0.4, -0.2) is 59.1 Å². The first-order valence-corrected chi connectivity index (χ1v) is 9.76. The lowest BCUT2D eigenvalue weighted by atomic mass is 9.98. The number of para-hydroxylation sites is 1. The number of aromatic nitrogens is 2. The Balaban J connectivity index is 1.37. The minimum Gasteiger partial charge on any atom is -0.354 e. The van der Waals surface area contributed by atoms with Crippen molar-refractivity contribution in [1.29, 1.82) is 0 Å². The highest BCUT2D eigenvalue weighted by Crippen LogP contribution is 2.17. The monoisotopic (exact) mass is 371 g/mol. The van der Waals surface area contributed by atoms with Gasteiger partial charge < -0.3 is 10.6 Å². The van der Waals surface area contributed by atoms with Crippen molar-refractivity contribution in [3.8, 4) is 0 Å². The molecule has 0 aliphatic carbocycles. The number of piperidine rings is 1. The van der Waals surface area contributed by atoms with E-state index in [9.17, 15) is 9.59 Å². The molecule has 3 rings (SSSR count). The zero-order valence-electron chi connectivity index (χ0n) is 16.1. The summed E-state index contributed by atoms with van der Waals surface area (Å²) in [5, 5.41) is 13.4. The molecule has 0 bridgehead atoms. The molecule has 1 aromatic carbocycles. The lowest BCUT2D eigenvalue weighted by Gasteiger charge is -2.35. The number of hydrogen-bond donors (Lipinski definition) is 3. The van der Waals surface area contributed by atoms with Crippen molar-refractivity contribution >= 4 is 22.7 Å². The Morgan fingerprint density at radius 3 is 2.78 bits per heavy atom. The van der Waals surface area contributed by atoms with Crippen LogP contribution < -0.4 is 10.6 Å². The Morgan fingerprint density at radius 2 is 2.00 bits per heavy atom. The second-order valence-corrected chi connectivity index (χ2v) is 7.50. The summed E-state index contributed by atoms with van der Waals surface area (Å²) < 4.78 is 0. The van der Waals surface area contributed by atoms with Crippen LogP contribution in [0.3, 0.4) is 0 Å². The summed E-state index contributed by atoms with van der Waals surface area (Å²) in [6.45, 7) is 7.59. The van der Waals surface area contributed by atoms with Gasteiger partial charge in [-0.05, 0) is 44.8 Å². The molecule has 1 unspecified atom stereocenters. The van der Waals surface area contributed by atoms with E-state index in [1.54, 1.807) is 0 Å². The summed E-state index contributed by atoms with van der Waals surface area (Å²) in [6, 6.07) is 7.82. The van der Waals surface area contributed by atoms with Crippen molar-refractivity contribution in [3.05, 3.63) is 30.0 Å². The standard InChI is InChI=1S/C20H29N5O2/c1-14-8-11-25(12-9-14)15(2)13-22-18(26)7-10-21-20(27)19-16-5-3-4-6-17(16)23-24-19/h3-6,14-15H,7-13H2,1-2H3,(H,21,27)(H,22,26)(H,23,24). The number of aromatic amines is 1. The molecule has 0 spiro atoms. The number of carbonyl (C=O) groups is 2. The predicted molar refractivity (Wildman–Crippen MR) is 105 cm³/mol. The Labute approximate surface area is 159 Å². The minimum atomic E-state index is -0.268. The number of nitrogens with one attached hydrogen (secondary N) is 3. The summed E-state index contributed by atoms with van der Waals surface area (Å²) in [5.41, 5.74) is 1.18. The van der Waals surface area contributed by atoms with E-state index < -0.39 is 0 Å². The van der Waals surface area contributed by atoms with Crippen molar-refractivity contribution < 1.29 is 9.59 Å². The van der Waals surface area contributed by atoms with Gasteiger partial charge in [0.1, 0.15) is 0 Å². The van der Waals surface area contributed by atoms with Crippen LogP contribution in [-0.2, 0) is 4.79 Å². The first-order chi connectivity index (χ1) is 13.0. The molecule has 2 aromatic rings. The van der Waals surface area contributed by atoms with Gasteiger partial charge in [0.2, 0.25) is 5.91 Å². The predicted octanol–water partition coefficient (Wildman–Crippen LogP) is 1.92. The van der Waals surface area contributed by atoms with Crippen LogP contribution in [0.1, 0.15) is 43.6 Å². The number of H-pyrrole nitrogens is 1. The molecule has 2 amide bonds. The van der Waals surface area contributed by atoms with Gasteiger partial charge in [-0.25, -0.2) is 0 Å². The first kappa shape index (κ1) is 19.4. The molecule has 1 aliphatic heterocycles. The van der Waals surface area contributed by atoms with Crippen LogP contribution in [0, 0.1) is 5.92 Å². The van der Waals surface area contributed by atoms with Crippen molar-refractivity contribution in [2.75, 3.05) is 26.2 Å². The van der Waals surface area contributed by atoms with Crippen molar-refractivity contribution in [2.24, 2.45) is 5.92 Å². The Bertz CT molecular complexity index is 780. The number of rotatable bonds is 7. The van der Waals surface area contributed by atoms with Gasteiger partial charge in [0.25, 0.3) is 5.91 Å². The smallest absolute Gasteiger partial charge is 0.272 e. The van der Waals surface area contributed by atoms with E-state index in [0.29, 0.717) is 24.8 Å². The maximum absolute atomic E-state index is 12.3. The Kier molecular flexibility index (Phi) is 6.45. The molecule has 0 saturated carbocycles. The Morgan fingerprint density at radius 1 is 1.26 bits per heavy atom. The number of likely N-dealkylation sites (tertiary alicyclic amines) is 1. The van der Waals surface area contributed by atoms with Gasteiger partial charge in [0.05, 0.1) is 5.52 Å². The van der Waals surface area contributed by atoms with Crippen LogP contribution in [0.25, 0.3) is 10.9 Å². The van der Waals surface area contributed by atoms with E-state index in [4.69, 9.17) is 0 Å². The normalized spacial score (nSPS) is 17.0. The molecule has 146 valence electrons. The van der Waals surface area contributed by atoms with Gasteiger partial charge in [-0.1, -0.05) is 25.1 Å². The molecule has 27 heavy (non-hydrogen) atoms. The van der Waals surface area contributed by atoms with Gasteiger partial charge in [0.15, 0.2) is 5.69 Å². The highest BCUT2D eigenvalue weighted by molar-refractivity contribution is 6.04. The van der Waals surface area contributed by atoms with E-state index in [-0.39, 0.29) is 18.2 Å². The molecule has 7 nitrogen and oxygen atoms in total. The number of hydrogen-bond acceptors (Lipinski definition) is 4. The number of benzene rings is 1. The topological polar surface area (TPSA) is 90.1 Å². The van der Waals surface area contributed by atoms with Crippen LogP contribution in [0.4, 0.5) is 0 Å². The third-order valence-electron chi connectivity index (χ3n) is 5.36. The Hall–Kier alpha value is -2.41. The van der Waals surface area contributed by atoms with Crippen molar-refractivity contribution in [3.63, 3.8) is 0 Å². The van der Waals surface area contributed by atoms with Gasteiger partial charge in [-0.3, -0.25) is 19.6 Å². The molecule has 1 atom stereocenters. The molecule has 7 heteroatoms. The van der Waals surface area contributed by atoms with Gasteiger partial charge in [-0.2, -0.15) is 5.10 Å². The average molecular weight is 371 g/mol. The number of fused-ring (bicyclic) bond motifs is 1. The fourth-order valence-electron chi connectivity index (χ4n) is 3.46. The third kappa shape index (κ3) is 5.07. The van der Waals surface area contributed by atoms with E-state index >= 15 is 0 Å². The summed E-state index contributed by atoms with van der Waals surface area (Å²) in [7, 11) is 0. The van der Waals surface area contributed by atoms with E-state index in [2.05, 4.69) is 39.6 Å². The molecule has 1 saturated heterocycles. The summed E-state index contributed by atoms with van der Waals surface area (Å²) in [5.74, 6) is 0.494. The summed E-state index contributed by atoms with van der Waals surface area (Å²) in [6.07, 6.45) is 2.72. The minimum absolute atomic E-state index is 0.0422. The molecule has 0 radical (unpaired) electrons. The molecule has 1 aromatic heterocycles. The van der Waals surface area contributed by atoms with Crippen molar-refractivity contribution in [1.82, 2.24) is 25.7 Å². The second-order valence-electron chi connectivity index (χ2n) is 7.50. The third-order valence-corrected chi connectivity index (χ3v) is 5.36. The lowest BCUT2D eigenvalue weighted by Crippen LogP contribution is -2.45. The molecule has 3 N–H and O–H groups in total. The quantitative estimate of drug-likeness (QED) is 0.694. The van der Waals surface area contributed by atoms with Crippen LogP contribution >= 0.6 is 0 Å². The molecule has 1 fully saturated rings. The van der Waals surface area contributed by atoms with E-state index in [0.717, 1.165) is 29.9 Å². The molecule has 1 aliphatic rings. The van der Waals surface area contributed by atoms with Gasteiger partial charge >= 0.3 is 0 Å². The van der Waals surface area contributed by atoms with Gasteiger partial charge in [0, 0.05) is 30.9 Å². The van der Waals surface area contributed by atoms with Crippen molar-refractivity contribution in [2.45, 2.75) is 39.2 Å². The maximum Gasteiger partial charge on any atom is 0.272 e. The fourth-order valence-corrected chi connectivity index (χ4v) is 3.46. The lowest BCUT2D eigenvalue weighted by molar-refractivity contribution is -0.121. The average Bonchev–Trinajstić information content (AvgIpc) is 3.11. The van der Waals surface area contributed by atoms with Gasteiger partial charge in [-0.15, -0.1) is 0 Å². The zero-order valence-corrected chi connectivity index (χ0v) is 16.1. The summed E-state index contributed by atoms with van der Waals surface area (Å²) in [4.78, 5) is 26.8. The highest BCUT2D eigenvalue weighted by atomic mass is 16.2. The largest absolute Gasteiger partial charge is 0.354 e. The SMILES string of the molecule is CC1CCN(C(C)CNC(=O)CCNC(=O)c2n[nH]c3ccccc23)CC1. The number of nitrogens with zero attached hydrogens (tertiary/aromatic N) is 2. The van der Waals surface area contributed by atoms with E-state index in [1.807, 2.05) is 24.3 Å². The molecular weight excluding hydrogens is 342 g/mol. The van der Waals surface area contributed by atoms with Crippen LogP contribution in [0.2, 0.25) is 0 Å².